The molecule has 0 aliphatic heterocycles. The summed E-state index contributed by atoms with van der Waals surface area (Å²) in [5.74, 6) is 1.43. The zero-order valence-corrected chi connectivity index (χ0v) is 10.2. The maximum Gasteiger partial charge on any atom is 0.164 e. The van der Waals surface area contributed by atoms with Crippen molar-refractivity contribution < 1.29 is 4.74 Å². The van der Waals surface area contributed by atoms with Crippen LogP contribution in [-0.4, -0.2) is 14.8 Å². The van der Waals surface area contributed by atoms with Gasteiger partial charge in [0.2, 0.25) is 0 Å². The number of aromatic nitrogens is 3. The van der Waals surface area contributed by atoms with E-state index in [4.69, 9.17) is 22.1 Å². The van der Waals surface area contributed by atoms with Gasteiger partial charge in [0.15, 0.2) is 5.82 Å². The third-order valence-corrected chi connectivity index (χ3v) is 2.80. The molecule has 1 heterocycles. The number of hydrogen-bond donors (Lipinski definition) is 1. The molecule has 2 N–H and O–H groups in total. The first-order valence-corrected chi connectivity index (χ1v) is 5.53. The summed E-state index contributed by atoms with van der Waals surface area (Å²) in [6.07, 6.45) is 1.49. The van der Waals surface area contributed by atoms with Crippen molar-refractivity contribution in [2.75, 3.05) is 0 Å². The Morgan fingerprint density at radius 3 is 2.94 bits per heavy atom. The van der Waals surface area contributed by atoms with Crippen LogP contribution in [0.3, 0.4) is 0 Å². The van der Waals surface area contributed by atoms with E-state index in [1.165, 1.54) is 6.33 Å². The second-order valence-corrected chi connectivity index (χ2v) is 3.92. The number of benzene rings is 1. The summed E-state index contributed by atoms with van der Waals surface area (Å²) in [6.45, 7) is 0.678. The highest BCUT2D eigenvalue weighted by molar-refractivity contribution is 6.31. The Morgan fingerprint density at radius 2 is 2.29 bits per heavy atom. The molecule has 1 aromatic carbocycles. The molecule has 5 nitrogen and oxygen atoms in total. The minimum atomic E-state index is 0.337. The average Bonchev–Trinajstić information content (AvgIpc) is 2.72. The lowest BCUT2D eigenvalue weighted by atomic mass is 10.2. The van der Waals surface area contributed by atoms with E-state index in [-0.39, 0.29) is 0 Å². The lowest BCUT2D eigenvalue weighted by Crippen LogP contribution is -2.07. The van der Waals surface area contributed by atoms with Crippen LogP contribution in [0.15, 0.2) is 24.5 Å². The molecule has 0 bridgehead atoms. The summed E-state index contributed by atoms with van der Waals surface area (Å²) in [6, 6.07) is 5.46. The number of rotatable bonds is 4. The van der Waals surface area contributed by atoms with Crippen molar-refractivity contribution in [3.8, 4) is 5.75 Å². The molecule has 0 saturated carbocycles. The van der Waals surface area contributed by atoms with Crippen molar-refractivity contribution in [1.29, 1.82) is 0 Å². The van der Waals surface area contributed by atoms with Gasteiger partial charge in [-0.2, -0.15) is 5.10 Å². The van der Waals surface area contributed by atoms with Gasteiger partial charge in [-0.15, -0.1) is 0 Å². The third-order valence-electron chi connectivity index (χ3n) is 2.44. The van der Waals surface area contributed by atoms with E-state index < -0.39 is 0 Å². The molecule has 17 heavy (non-hydrogen) atoms. The molecule has 0 fully saturated rings. The summed E-state index contributed by atoms with van der Waals surface area (Å²) < 4.78 is 7.31. The highest BCUT2D eigenvalue weighted by Crippen LogP contribution is 2.26. The molecular weight excluding hydrogens is 240 g/mol. The molecule has 0 spiro atoms. The molecule has 6 heteroatoms. The van der Waals surface area contributed by atoms with E-state index in [0.717, 1.165) is 11.4 Å². The molecule has 2 rings (SSSR count). The number of halogens is 1. The lowest BCUT2D eigenvalue weighted by molar-refractivity contribution is 0.287. The highest BCUT2D eigenvalue weighted by Gasteiger charge is 2.08. The number of nitrogens with zero attached hydrogens (tertiary/aromatic N) is 3. The Balaban J connectivity index is 2.14. The van der Waals surface area contributed by atoms with Crippen LogP contribution in [0.5, 0.6) is 5.75 Å². The molecule has 90 valence electrons. The first kappa shape index (κ1) is 11.9. The van der Waals surface area contributed by atoms with Gasteiger partial charge in [0.25, 0.3) is 0 Å². The number of ether oxygens (including phenoxy) is 1. The quantitative estimate of drug-likeness (QED) is 0.896. The minimum Gasteiger partial charge on any atom is -0.485 e. The Kier molecular flexibility index (Phi) is 3.61. The first-order chi connectivity index (χ1) is 8.22. The predicted molar refractivity (Wildman–Crippen MR) is 64.7 cm³/mol. The summed E-state index contributed by atoms with van der Waals surface area (Å²) in [5.41, 5.74) is 6.43. The van der Waals surface area contributed by atoms with E-state index in [0.29, 0.717) is 23.9 Å². The van der Waals surface area contributed by atoms with Crippen molar-refractivity contribution in [2.24, 2.45) is 12.8 Å². The maximum atomic E-state index is 6.03. The van der Waals surface area contributed by atoms with Crippen molar-refractivity contribution in [2.45, 2.75) is 13.2 Å². The molecule has 0 unspecified atom stereocenters. The van der Waals surface area contributed by atoms with Gasteiger partial charge < -0.3 is 10.5 Å². The van der Waals surface area contributed by atoms with Gasteiger partial charge in [-0.1, -0.05) is 17.7 Å². The molecule has 0 atom stereocenters. The van der Waals surface area contributed by atoms with Crippen molar-refractivity contribution in [3.05, 3.63) is 40.9 Å². The van der Waals surface area contributed by atoms with Gasteiger partial charge in [0.1, 0.15) is 18.7 Å². The fourth-order valence-corrected chi connectivity index (χ4v) is 1.71. The molecule has 0 saturated heterocycles. The summed E-state index contributed by atoms with van der Waals surface area (Å²) >= 11 is 6.03. The smallest absolute Gasteiger partial charge is 0.164 e. The molecule has 0 aliphatic carbocycles. The Bertz CT molecular complexity index is 512. The normalized spacial score (nSPS) is 10.5. The van der Waals surface area contributed by atoms with E-state index in [1.54, 1.807) is 10.7 Å². The van der Waals surface area contributed by atoms with Gasteiger partial charge in [-0.3, -0.25) is 4.68 Å². The van der Waals surface area contributed by atoms with Gasteiger partial charge >= 0.3 is 0 Å². The fourth-order valence-electron chi connectivity index (χ4n) is 1.47. The Hall–Kier alpha value is -1.59. The largest absolute Gasteiger partial charge is 0.485 e. The van der Waals surface area contributed by atoms with Gasteiger partial charge in [0.05, 0.1) is 0 Å². The zero-order chi connectivity index (χ0) is 12.3. The molecular formula is C11H13ClN4O. The predicted octanol–water partition coefficient (Wildman–Crippen LogP) is 1.51. The topological polar surface area (TPSA) is 66.0 Å². The van der Waals surface area contributed by atoms with Crippen LogP contribution in [0.4, 0.5) is 0 Å². The number of nitrogens with two attached hydrogens (primary N) is 1. The van der Waals surface area contributed by atoms with Crippen molar-refractivity contribution >= 4 is 11.6 Å². The number of hydrogen-bond acceptors (Lipinski definition) is 4. The van der Waals surface area contributed by atoms with E-state index in [1.807, 2.05) is 19.2 Å². The minimum absolute atomic E-state index is 0.337. The van der Waals surface area contributed by atoms with Gasteiger partial charge in [-0.05, 0) is 12.1 Å². The summed E-state index contributed by atoms with van der Waals surface area (Å²) in [4.78, 5) is 4.07. The van der Waals surface area contributed by atoms with E-state index in [9.17, 15) is 0 Å². The number of aryl methyl sites for hydroxylation is 1. The zero-order valence-electron chi connectivity index (χ0n) is 9.43. The van der Waals surface area contributed by atoms with Crippen LogP contribution in [0, 0.1) is 0 Å². The monoisotopic (exact) mass is 252 g/mol. The molecule has 0 aliphatic rings. The van der Waals surface area contributed by atoms with Crippen LogP contribution >= 0.6 is 11.6 Å². The van der Waals surface area contributed by atoms with Crippen LogP contribution in [0.25, 0.3) is 0 Å². The second-order valence-electron chi connectivity index (χ2n) is 3.51. The standard InChI is InChI=1S/C11H13ClN4O/c1-16-11(14-7-15-16)6-17-10-4-2-3-9(12)8(10)5-13/h2-4,7H,5-6,13H2,1H3. The first-order valence-electron chi connectivity index (χ1n) is 5.15. The maximum absolute atomic E-state index is 6.03. The SMILES string of the molecule is Cn1ncnc1COc1cccc(Cl)c1CN. The summed E-state index contributed by atoms with van der Waals surface area (Å²) in [7, 11) is 1.81. The lowest BCUT2D eigenvalue weighted by Gasteiger charge is -2.10. The Morgan fingerprint density at radius 1 is 1.47 bits per heavy atom. The second kappa shape index (κ2) is 5.16. The van der Waals surface area contributed by atoms with Crippen LogP contribution in [-0.2, 0) is 20.2 Å². The summed E-state index contributed by atoms with van der Waals surface area (Å²) in [5, 5.41) is 4.58. The fraction of sp³-hybridized carbons (Fsp3) is 0.273. The molecule has 2 aromatic rings. The third kappa shape index (κ3) is 2.57. The van der Waals surface area contributed by atoms with Gasteiger partial charge in [-0.25, -0.2) is 4.98 Å². The van der Waals surface area contributed by atoms with E-state index in [2.05, 4.69) is 10.1 Å². The average molecular weight is 253 g/mol. The van der Waals surface area contributed by atoms with Crippen molar-refractivity contribution in [1.82, 2.24) is 14.8 Å². The van der Waals surface area contributed by atoms with Crippen LogP contribution < -0.4 is 10.5 Å². The van der Waals surface area contributed by atoms with Crippen molar-refractivity contribution in [3.63, 3.8) is 0 Å². The van der Waals surface area contributed by atoms with Gasteiger partial charge in [0, 0.05) is 24.2 Å². The van der Waals surface area contributed by atoms with Crippen LogP contribution in [0.1, 0.15) is 11.4 Å². The highest BCUT2D eigenvalue weighted by atomic mass is 35.5. The van der Waals surface area contributed by atoms with Crippen LogP contribution in [0.2, 0.25) is 5.02 Å². The Labute approximate surface area is 104 Å². The molecule has 0 amide bonds. The molecule has 0 radical (unpaired) electrons. The van der Waals surface area contributed by atoms with E-state index >= 15 is 0 Å². The molecule has 1 aromatic heterocycles.